The van der Waals surface area contributed by atoms with E-state index in [1.165, 1.54) is 43.4 Å². The molecule has 0 radical (unpaired) electrons. The van der Waals surface area contributed by atoms with Crippen molar-refractivity contribution in [3.05, 3.63) is 65.0 Å². The second-order valence-electron chi connectivity index (χ2n) is 6.61. The number of carbonyl (C=O) groups excluding carboxylic acids is 2. The van der Waals surface area contributed by atoms with Crippen molar-refractivity contribution < 1.29 is 28.6 Å². The fourth-order valence-electron chi connectivity index (χ4n) is 3.48. The molecule has 0 spiro atoms. The third-order valence-electron chi connectivity index (χ3n) is 4.85. The maximum absolute atomic E-state index is 13.4. The maximum atomic E-state index is 13.4. The van der Waals surface area contributed by atoms with Crippen LogP contribution < -0.4 is 9.47 Å². The smallest absolute Gasteiger partial charge is 0.295 e. The van der Waals surface area contributed by atoms with E-state index in [-0.39, 0.29) is 16.9 Å². The van der Waals surface area contributed by atoms with E-state index in [1.807, 2.05) is 6.92 Å². The lowest BCUT2D eigenvalue weighted by molar-refractivity contribution is -0.139. The second kappa shape index (κ2) is 8.34. The number of aliphatic hydroxyl groups excluding tert-OH is 1. The minimum absolute atomic E-state index is 0.0569. The number of ether oxygens (including phenoxy) is 2. The molecule has 1 saturated heterocycles. The average molecular weight is 399 g/mol. The standard InChI is InChI=1S/C22H22FNO5/c1-4-11-24-19(13-5-7-14(23)8-6-13)18(21(26)22(24)27)20(25)16-10-9-15(28-2)12-17(16)29-3/h5-10,12,19,25H,4,11H2,1-3H3/b20-18-. The van der Waals surface area contributed by atoms with Gasteiger partial charge in [-0.05, 0) is 36.2 Å². The van der Waals surface area contributed by atoms with Gasteiger partial charge in [0.1, 0.15) is 23.1 Å². The molecule has 29 heavy (non-hydrogen) atoms. The van der Waals surface area contributed by atoms with E-state index in [0.717, 1.165) is 0 Å². The minimum Gasteiger partial charge on any atom is -0.507 e. The van der Waals surface area contributed by atoms with Gasteiger partial charge in [-0.25, -0.2) is 4.39 Å². The molecule has 0 bridgehead atoms. The zero-order chi connectivity index (χ0) is 21.1. The number of Topliss-reactive ketones (excluding diaryl/α,β-unsaturated/α-hetero) is 1. The summed E-state index contributed by atoms with van der Waals surface area (Å²) in [6.07, 6.45) is 0.622. The van der Waals surface area contributed by atoms with Crippen LogP contribution in [0.2, 0.25) is 0 Å². The number of benzene rings is 2. The van der Waals surface area contributed by atoms with Crippen molar-refractivity contribution in [2.75, 3.05) is 20.8 Å². The van der Waals surface area contributed by atoms with E-state index < -0.39 is 23.5 Å². The zero-order valence-electron chi connectivity index (χ0n) is 16.4. The number of rotatable bonds is 6. The highest BCUT2D eigenvalue weighted by atomic mass is 19.1. The summed E-state index contributed by atoms with van der Waals surface area (Å²) in [7, 11) is 2.93. The molecular weight excluding hydrogens is 377 g/mol. The van der Waals surface area contributed by atoms with Crippen molar-refractivity contribution >= 4 is 17.4 Å². The van der Waals surface area contributed by atoms with Gasteiger partial charge in [0, 0.05) is 12.6 Å². The molecule has 2 aromatic carbocycles. The van der Waals surface area contributed by atoms with E-state index in [4.69, 9.17) is 9.47 Å². The first kappa shape index (κ1) is 20.4. The Morgan fingerprint density at radius 1 is 1.10 bits per heavy atom. The van der Waals surface area contributed by atoms with Crippen LogP contribution in [0.3, 0.4) is 0 Å². The summed E-state index contributed by atoms with van der Waals surface area (Å²) in [5, 5.41) is 11.0. The Hall–Kier alpha value is -3.35. The molecule has 0 saturated carbocycles. The van der Waals surface area contributed by atoms with Crippen LogP contribution in [0.1, 0.15) is 30.5 Å². The molecule has 3 rings (SSSR count). The highest BCUT2D eigenvalue weighted by Crippen LogP contribution is 2.41. The number of ketones is 1. The van der Waals surface area contributed by atoms with Crippen molar-refractivity contribution in [1.82, 2.24) is 4.90 Å². The van der Waals surface area contributed by atoms with Gasteiger partial charge >= 0.3 is 0 Å². The highest BCUT2D eigenvalue weighted by molar-refractivity contribution is 6.46. The summed E-state index contributed by atoms with van der Waals surface area (Å²) in [5.74, 6) is -1.46. The lowest BCUT2D eigenvalue weighted by Gasteiger charge is -2.25. The van der Waals surface area contributed by atoms with Gasteiger partial charge in [0.2, 0.25) is 0 Å². The Kier molecular flexibility index (Phi) is 5.87. The average Bonchev–Trinajstić information content (AvgIpc) is 2.98. The summed E-state index contributed by atoms with van der Waals surface area (Å²) in [6.45, 7) is 2.21. The summed E-state index contributed by atoms with van der Waals surface area (Å²) in [5.41, 5.74) is 0.738. The van der Waals surface area contributed by atoms with Crippen molar-refractivity contribution in [3.8, 4) is 11.5 Å². The van der Waals surface area contributed by atoms with Gasteiger partial charge < -0.3 is 19.5 Å². The van der Waals surface area contributed by atoms with Crippen molar-refractivity contribution in [2.45, 2.75) is 19.4 Å². The van der Waals surface area contributed by atoms with E-state index >= 15 is 0 Å². The van der Waals surface area contributed by atoms with Gasteiger partial charge in [0.05, 0.1) is 31.4 Å². The van der Waals surface area contributed by atoms with Crippen LogP contribution in [0.15, 0.2) is 48.0 Å². The number of aliphatic hydroxyl groups is 1. The van der Waals surface area contributed by atoms with Crippen molar-refractivity contribution in [2.24, 2.45) is 0 Å². The van der Waals surface area contributed by atoms with Crippen molar-refractivity contribution in [1.29, 1.82) is 0 Å². The van der Waals surface area contributed by atoms with Crippen LogP contribution >= 0.6 is 0 Å². The van der Waals surface area contributed by atoms with Gasteiger partial charge in [-0.2, -0.15) is 0 Å². The van der Waals surface area contributed by atoms with Gasteiger partial charge in [0.15, 0.2) is 0 Å². The Morgan fingerprint density at radius 3 is 2.38 bits per heavy atom. The molecular formula is C22H22FNO5. The van der Waals surface area contributed by atoms with Gasteiger partial charge in [-0.3, -0.25) is 9.59 Å². The molecule has 152 valence electrons. The van der Waals surface area contributed by atoms with Crippen LogP contribution in [0, 0.1) is 5.82 Å². The molecule has 1 aliphatic rings. The molecule has 2 aromatic rings. The number of hydrogen-bond donors (Lipinski definition) is 1. The van der Waals surface area contributed by atoms with Gasteiger partial charge in [0.25, 0.3) is 11.7 Å². The number of likely N-dealkylation sites (tertiary alicyclic amines) is 1. The number of amides is 1. The van der Waals surface area contributed by atoms with E-state index in [9.17, 15) is 19.1 Å². The molecule has 1 aliphatic heterocycles. The van der Waals surface area contributed by atoms with Crippen LogP contribution in [0.25, 0.3) is 5.76 Å². The predicted molar refractivity (Wildman–Crippen MR) is 105 cm³/mol. The predicted octanol–water partition coefficient (Wildman–Crippen LogP) is 3.67. The molecule has 0 aromatic heterocycles. The molecule has 6 nitrogen and oxygen atoms in total. The molecule has 1 heterocycles. The lowest BCUT2D eigenvalue weighted by atomic mass is 9.95. The minimum atomic E-state index is -0.817. The number of nitrogens with zero attached hydrogens (tertiary/aromatic N) is 1. The van der Waals surface area contributed by atoms with Crippen LogP contribution in [0.5, 0.6) is 11.5 Å². The maximum Gasteiger partial charge on any atom is 0.295 e. The monoisotopic (exact) mass is 399 g/mol. The molecule has 7 heteroatoms. The molecule has 1 amide bonds. The quantitative estimate of drug-likeness (QED) is 0.456. The Bertz CT molecular complexity index is 968. The number of hydrogen-bond acceptors (Lipinski definition) is 5. The Balaban J connectivity index is 2.21. The SMILES string of the molecule is CCCN1C(=O)C(=O)/C(=C(\O)c2ccc(OC)cc2OC)C1c1ccc(F)cc1. The summed E-state index contributed by atoms with van der Waals surface area (Å²) in [4.78, 5) is 26.9. The summed E-state index contributed by atoms with van der Waals surface area (Å²) >= 11 is 0. The van der Waals surface area contributed by atoms with Crippen LogP contribution in [-0.2, 0) is 9.59 Å². The second-order valence-corrected chi connectivity index (χ2v) is 6.61. The zero-order valence-corrected chi connectivity index (χ0v) is 16.4. The largest absolute Gasteiger partial charge is 0.507 e. The van der Waals surface area contributed by atoms with E-state index in [2.05, 4.69) is 0 Å². The number of methoxy groups -OCH3 is 2. The van der Waals surface area contributed by atoms with Crippen LogP contribution in [-0.4, -0.2) is 42.5 Å². The summed E-state index contributed by atoms with van der Waals surface area (Å²) in [6, 6.07) is 9.46. The molecule has 1 N–H and O–H groups in total. The van der Waals surface area contributed by atoms with Gasteiger partial charge in [-0.1, -0.05) is 19.1 Å². The molecule has 1 fully saturated rings. The Morgan fingerprint density at radius 2 is 1.79 bits per heavy atom. The van der Waals surface area contributed by atoms with Crippen molar-refractivity contribution in [3.63, 3.8) is 0 Å². The topological polar surface area (TPSA) is 76.1 Å². The lowest BCUT2D eigenvalue weighted by Crippen LogP contribution is -2.30. The van der Waals surface area contributed by atoms with Crippen LogP contribution in [0.4, 0.5) is 4.39 Å². The number of halogens is 1. The molecule has 1 unspecified atom stereocenters. The third-order valence-corrected chi connectivity index (χ3v) is 4.85. The first-order valence-corrected chi connectivity index (χ1v) is 9.19. The summed E-state index contributed by atoms with van der Waals surface area (Å²) < 4.78 is 23.9. The third kappa shape index (κ3) is 3.68. The van der Waals surface area contributed by atoms with E-state index in [1.54, 1.807) is 18.2 Å². The fraction of sp³-hybridized carbons (Fsp3) is 0.273. The Labute approximate surface area is 168 Å². The first-order chi connectivity index (χ1) is 13.9. The first-order valence-electron chi connectivity index (χ1n) is 9.19. The molecule has 1 atom stereocenters. The molecule has 0 aliphatic carbocycles. The fourth-order valence-corrected chi connectivity index (χ4v) is 3.48. The number of carbonyl (C=O) groups is 2. The normalized spacial score (nSPS) is 18.2. The van der Waals surface area contributed by atoms with Gasteiger partial charge in [-0.15, -0.1) is 0 Å². The highest BCUT2D eigenvalue weighted by Gasteiger charge is 2.45. The van der Waals surface area contributed by atoms with E-state index in [0.29, 0.717) is 30.0 Å².